The molecule has 1 unspecified atom stereocenters. The number of carboxylic acid groups (broad SMARTS) is 1. The topological polar surface area (TPSA) is 95.9 Å². The summed E-state index contributed by atoms with van der Waals surface area (Å²) in [6.07, 6.45) is 0.454. The molecule has 8 heteroatoms. The Morgan fingerprint density at radius 2 is 1.96 bits per heavy atom. The van der Waals surface area contributed by atoms with E-state index in [1.165, 1.54) is 4.90 Å². The first-order chi connectivity index (χ1) is 11.9. The van der Waals surface area contributed by atoms with Crippen molar-refractivity contribution in [2.24, 2.45) is 5.92 Å². The number of amides is 2. The van der Waals surface area contributed by atoms with Gasteiger partial charge in [0.15, 0.2) is 0 Å². The summed E-state index contributed by atoms with van der Waals surface area (Å²) in [5, 5.41) is 12.6. The zero-order valence-corrected chi connectivity index (χ0v) is 14.3. The number of nitrogens with one attached hydrogen (secondary N) is 1. The Balaban J connectivity index is 1.72. The summed E-state index contributed by atoms with van der Waals surface area (Å²) in [5.74, 6) is -2.31. The molecule has 3 rings (SSSR count). The summed E-state index contributed by atoms with van der Waals surface area (Å²) in [4.78, 5) is 38.0. The fraction of sp³-hybridized carbons (Fsp3) is 0.471. The van der Waals surface area contributed by atoms with Gasteiger partial charge in [0.1, 0.15) is 5.54 Å². The van der Waals surface area contributed by atoms with Crippen molar-refractivity contribution in [1.82, 2.24) is 5.32 Å². The van der Waals surface area contributed by atoms with Crippen LogP contribution in [0.2, 0.25) is 5.02 Å². The number of ether oxygens (including phenoxy) is 1. The van der Waals surface area contributed by atoms with Gasteiger partial charge in [-0.05, 0) is 12.1 Å². The predicted octanol–water partition coefficient (Wildman–Crippen LogP) is 1.44. The van der Waals surface area contributed by atoms with Crippen molar-refractivity contribution in [3.8, 4) is 0 Å². The zero-order chi connectivity index (χ0) is 18.0. The van der Waals surface area contributed by atoms with Crippen LogP contribution in [0, 0.1) is 5.92 Å². The number of hydrogen-bond acceptors (Lipinski definition) is 4. The first kappa shape index (κ1) is 17.7. The molecule has 1 atom stereocenters. The van der Waals surface area contributed by atoms with E-state index in [0.29, 0.717) is 10.7 Å². The fourth-order valence-electron chi connectivity index (χ4n) is 3.24. The summed E-state index contributed by atoms with van der Waals surface area (Å²) in [6, 6.07) is 6.93. The van der Waals surface area contributed by atoms with Crippen molar-refractivity contribution in [2.75, 3.05) is 24.7 Å². The van der Waals surface area contributed by atoms with Crippen molar-refractivity contribution in [3.63, 3.8) is 0 Å². The molecule has 134 valence electrons. The third-order valence-corrected chi connectivity index (χ3v) is 5.08. The van der Waals surface area contributed by atoms with Gasteiger partial charge in [-0.2, -0.15) is 0 Å². The molecule has 2 heterocycles. The van der Waals surface area contributed by atoms with Crippen LogP contribution in [-0.2, 0) is 19.1 Å². The lowest BCUT2D eigenvalue weighted by Gasteiger charge is -2.34. The number of anilines is 1. The number of aliphatic carboxylic acids is 1. The van der Waals surface area contributed by atoms with E-state index < -0.39 is 23.3 Å². The standard InChI is InChI=1S/C17H19ClN2O5/c18-12-3-1-2-4-13(12)20-10-11(9-14(20)21)15(22)19-17(16(23)24)5-7-25-8-6-17/h1-4,11H,5-10H2,(H,19,22)(H,23,24). The van der Waals surface area contributed by atoms with Crippen LogP contribution in [0.1, 0.15) is 19.3 Å². The lowest BCUT2D eigenvalue weighted by Crippen LogP contribution is -2.58. The van der Waals surface area contributed by atoms with E-state index in [2.05, 4.69) is 5.32 Å². The van der Waals surface area contributed by atoms with Crippen LogP contribution in [0.25, 0.3) is 0 Å². The molecule has 25 heavy (non-hydrogen) atoms. The molecule has 2 N–H and O–H groups in total. The number of hydrogen-bond donors (Lipinski definition) is 2. The molecule has 2 fully saturated rings. The molecule has 0 aliphatic carbocycles. The Labute approximate surface area is 149 Å². The Hall–Kier alpha value is -2.12. The third-order valence-electron chi connectivity index (χ3n) is 4.76. The van der Waals surface area contributed by atoms with E-state index >= 15 is 0 Å². The monoisotopic (exact) mass is 366 g/mol. The summed E-state index contributed by atoms with van der Waals surface area (Å²) in [5.41, 5.74) is -0.764. The van der Waals surface area contributed by atoms with Crippen molar-refractivity contribution < 1.29 is 24.2 Å². The minimum atomic E-state index is -1.32. The predicted molar refractivity (Wildman–Crippen MR) is 90.5 cm³/mol. The second kappa shape index (κ2) is 7.01. The Morgan fingerprint density at radius 3 is 2.60 bits per heavy atom. The molecular weight excluding hydrogens is 348 g/mol. The molecule has 0 bridgehead atoms. The van der Waals surface area contributed by atoms with Crippen LogP contribution in [0.5, 0.6) is 0 Å². The molecule has 2 aliphatic rings. The molecule has 0 radical (unpaired) electrons. The highest BCUT2D eigenvalue weighted by Gasteiger charge is 2.44. The normalized spacial score (nSPS) is 22.7. The molecule has 1 aromatic rings. The highest BCUT2D eigenvalue weighted by Crippen LogP contribution is 2.31. The molecule has 2 aliphatic heterocycles. The van der Waals surface area contributed by atoms with Crippen molar-refractivity contribution in [3.05, 3.63) is 29.3 Å². The molecular formula is C17H19ClN2O5. The number of carbonyl (C=O) groups is 3. The van der Waals surface area contributed by atoms with Crippen LogP contribution in [0.4, 0.5) is 5.69 Å². The maximum Gasteiger partial charge on any atom is 0.329 e. The van der Waals surface area contributed by atoms with Gasteiger partial charge in [-0.25, -0.2) is 4.79 Å². The van der Waals surface area contributed by atoms with E-state index in [1.54, 1.807) is 24.3 Å². The van der Waals surface area contributed by atoms with Crippen LogP contribution in [0.15, 0.2) is 24.3 Å². The highest BCUT2D eigenvalue weighted by molar-refractivity contribution is 6.33. The van der Waals surface area contributed by atoms with E-state index in [0.717, 1.165) is 0 Å². The minimum Gasteiger partial charge on any atom is -0.480 e. The number of nitrogens with zero attached hydrogens (tertiary/aromatic N) is 1. The Kier molecular flexibility index (Phi) is 4.96. The number of carbonyl (C=O) groups excluding carboxylic acids is 2. The van der Waals surface area contributed by atoms with Gasteiger partial charge in [-0.15, -0.1) is 0 Å². The summed E-state index contributed by atoms with van der Waals surface area (Å²) >= 11 is 6.13. The van der Waals surface area contributed by atoms with Gasteiger partial charge >= 0.3 is 5.97 Å². The third kappa shape index (κ3) is 3.48. The SMILES string of the molecule is O=C(NC1(C(=O)O)CCOCC1)C1CC(=O)N(c2ccccc2Cl)C1. The molecule has 0 saturated carbocycles. The maximum absolute atomic E-state index is 12.6. The second-order valence-corrected chi connectivity index (χ2v) is 6.75. The lowest BCUT2D eigenvalue weighted by atomic mass is 9.89. The fourth-order valence-corrected chi connectivity index (χ4v) is 3.47. The first-order valence-electron chi connectivity index (χ1n) is 8.11. The Bertz CT molecular complexity index is 702. The average Bonchev–Trinajstić information content (AvgIpc) is 2.98. The quantitative estimate of drug-likeness (QED) is 0.840. The maximum atomic E-state index is 12.6. The van der Waals surface area contributed by atoms with Gasteiger partial charge < -0.3 is 20.1 Å². The number of carboxylic acids is 1. The van der Waals surface area contributed by atoms with Crippen LogP contribution < -0.4 is 10.2 Å². The minimum absolute atomic E-state index is 0.0310. The van der Waals surface area contributed by atoms with Gasteiger partial charge in [0.2, 0.25) is 11.8 Å². The van der Waals surface area contributed by atoms with E-state index in [1.807, 2.05) is 0 Å². The van der Waals surface area contributed by atoms with Gasteiger partial charge in [-0.1, -0.05) is 23.7 Å². The summed E-state index contributed by atoms with van der Waals surface area (Å²) < 4.78 is 5.20. The van der Waals surface area contributed by atoms with E-state index in [4.69, 9.17) is 16.3 Å². The zero-order valence-electron chi connectivity index (χ0n) is 13.5. The number of halogens is 1. The van der Waals surface area contributed by atoms with Gasteiger partial charge in [0.25, 0.3) is 0 Å². The highest BCUT2D eigenvalue weighted by atomic mass is 35.5. The largest absolute Gasteiger partial charge is 0.480 e. The summed E-state index contributed by atoms with van der Waals surface area (Å²) in [7, 11) is 0. The first-order valence-corrected chi connectivity index (χ1v) is 8.49. The molecule has 7 nitrogen and oxygen atoms in total. The van der Waals surface area contributed by atoms with Crippen LogP contribution in [-0.4, -0.2) is 48.2 Å². The molecule has 0 aromatic heterocycles. The van der Waals surface area contributed by atoms with Gasteiger partial charge in [0.05, 0.1) is 16.6 Å². The molecule has 1 aromatic carbocycles. The van der Waals surface area contributed by atoms with Crippen molar-refractivity contribution in [2.45, 2.75) is 24.8 Å². The van der Waals surface area contributed by atoms with E-state index in [-0.39, 0.29) is 44.9 Å². The summed E-state index contributed by atoms with van der Waals surface area (Å²) in [6.45, 7) is 0.741. The number of benzene rings is 1. The average molecular weight is 367 g/mol. The molecule has 0 spiro atoms. The smallest absolute Gasteiger partial charge is 0.329 e. The van der Waals surface area contributed by atoms with Gasteiger partial charge in [-0.3, -0.25) is 9.59 Å². The van der Waals surface area contributed by atoms with Crippen molar-refractivity contribution >= 4 is 35.1 Å². The van der Waals surface area contributed by atoms with Gasteiger partial charge in [0, 0.05) is 39.0 Å². The van der Waals surface area contributed by atoms with Crippen LogP contribution >= 0.6 is 11.6 Å². The van der Waals surface area contributed by atoms with E-state index in [9.17, 15) is 19.5 Å². The van der Waals surface area contributed by atoms with Crippen LogP contribution in [0.3, 0.4) is 0 Å². The Morgan fingerprint density at radius 1 is 1.28 bits per heavy atom. The second-order valence-electron chi connectivity index (χ2n) is 6.35. The number of rotatable bonds is 4. The van der Waals surface area contributed by atoms with Crippen molar-refractivity contribution in [1.29, 1.82) is 0 Å². The lowest BCUT2D eigenvalue weighted by molar-refractivity contribution is -0.152. The molecule has 2 amide bonds. The number of para-hydroxylation sites is 1. The molecule has 2 saturated heterocycles.